The van der Waals surface area contributed by atoms with Crippen molar-refractivity contribution in [3.05, 3.63) is 72.3 Å². The molecule has 6 heteroatoms. The van der Waals surface area contributed by atoms with Crippen LogP contribution in [0.5, 0.6) is 11.5 Å². The Morgan fingerprint density at radius 2 is 1.68 bits per heavy atom. The molecule has 0 unspecified atom stereocenters. The zero-order chi connectivity index (χ0) is 19.9. The normalized spacial score (nSPS) is 11.5. The van der Waals surface area contributed by atoms with Gasteiger partial charge < -0.3 is 9.47 Å². The lowest BCUT2D eigenvalue weighted by Gasteiger charge is -2.15. The van der Waals surface area contributed by atoms with Gasteiger partial charge in [-0.25, -0.2) is 0 Å². The van der Waals surface area contributed by atoms with Gasteiger partial charge >= 0.3 is 0 Å². The van der Waals surface area contributed by atoms with Crippen LogP contribution >= 0.6 is 0 Å². The van der Waals surface area contributed by atoms with Gasteiger partial charge in [0.15, 0.2) is 6.10 Å². The van der Waals surface area contributed by atoms with Gasteiger partial charge in [-0.1, -0.05) is 36.4 Å². The summed E-state index contributed by atoms with van der Waals surface area (Å²) in [4.78, 5) is 24.5. The monoisotopic (exact) mass is 378 g/mol. The SMILES string of the molecule is CCOc1cccc(C(=O)NNC(=O)[C@H](C)Oc2ccc3ccccc3c2)c1. The van der Waals surface area contributed by atoms with Gasteiger partial charge in [0.05, 0.1) is 6.61 Å². The summed E-state index contributed by atoms with van der Waals surface area (Å²) in [7, 11) is 0. The number of carbonyl (C=O) groups is 2. The fraction of sp³-hybridized carbons (Fsp3) is 0.182. The number of hydrogen-bond acceptors (Lipinski definition) is 4. The molecule has 0 saturated heterocycles. The third kappa shape index (κ3) is 4.79. The van der Waals surface area contributed by atoms with Crippen LogP contribution in [0.2, 0.25) is 0 Å². The van der Waals surface area contributed by atoms with Crippen molar-refractivity contribution in [2.24, 2.45) is 0 Å². The molecule has 0 spiro atoms. The van der Waals surface area contributed by atoms with Gasteiger partial charge in [0.25, 0.3) is 11.8 Å². The number of benzene rings is 3. The lowest BCUT2D eigenvalue weighted by molar-refractivity contribution is -0.128. The fourth-order valence-corrected chi connectivity index (χ4v) is 2.68. The van der Waals surface area contributed by atoms with E-state index in [1.165, 1.54) is 0 Å². The second-order valence-corrected chi connectivity index (χ2v) is 6.17. The van der Waals surface area contributed by atoms with Crippen LogP contribution < -0.4 is 20.3 Å². The Balaban J connectivity index is 1.56. The number of fused-ring (bicyclic) bond motifs is 1. The summed E-state index contributed by atoms with van der Waals surface area (Å²) < 4.78 is 11.1. The van der Waals surface area contributed by atoms with Gasteiger partial charge in [0, 0.05) is 5.56 Å². The summed E-state index contributed by atoms with van der Waals surface area (Å²) in [5.74, 6) is 0.279. The highest BCUT2D eigenvalue weighted by atomic mass is 16.5. The lowest BCUT2D eigenvalue weighted by Crippen LogP contribution is -2.47. The molecule has 28 heavy (non-hydrogen) atoms. The minimum atomic E-state index is -0.781. The highest BCUT2D eigenvalue weighted by Gasteiger charge is 2.16. The van der Waals surface area contributed by atoms with Crippen molar-refractivity contribution in [2.45, 2.75) is 20.0 Å². The van der Waals surface area contributed by atoms with E-state index in [0.717, 1.165) is 10.8 Å². The van der Waals surface area contributed by atoms with Crippen LogP contribution in [0.25, 0.3) is 10.8 Å². The molecule has 3 aromatic carbocycles. The summed E-state index contributed by atoms with van der Waals surface area (Å²) in [5.41, 5.74) is 5.16. The predicted octanol–water partition coefficient (Wildman–Crippen LogP) is 3.47. The molecule has 0 heterocycles. The summed E-state index contributed by atoms with van der Waals surface area (Å²) in [5, 5.41) is 2.11. The second kappa shape index (κ2) is 8.90. The Kier molecular flexibility index (Phi) is 6.11. The van der Waals surface area contributed by atoms with Crippen molar-refractivity contribution in [3.63, 3.8) is 0 Å². The number of nitrogens with one attached hydrogen (secondary N) is 2. The molecule has 0 radical (unpaired) electrons. The van der Waals surface area contributed by atoms with Crippen LogP contribution in [0.15, 0.2) is 66.7 Å². The molecular weight excluding hydrogens is 356 g/mol. The maximum atomic E-state index is 12.2. The molecule has 0 bridgehead atoms. The van der Waals surface area contributed by atoms with Gasteiger partial charge in [0.1, 0.15) is 11.5 Å². The van der Waals surface area contributed by atoms with Gasteiger partial charge in [-0.15, -0.1) is 0 Å². The van der Waals surface area contributed by atoms with Gasteiger partial charge in [-0.3, -0.25) is 20.4 Å². The third-order valence-corrected chi connectivity index (χ3v) is 4.11. The number of ether oxygens (including phenoxy) is 2. The average Bonchev–Trinajstić information content (AvgIpc) is 2.72. The Morgan fingerprint density at radius 3 is 2.46 bits per heavy atom. The van der Waals surface area contributed by atoms with Crippen LogP contribution in [0.3, 0.4) is 0 Å². The first kappa shape index (κ1) is 19.2. The summed E-state index contributed by atoms with van der Waals surface area (Å²) in [6.07, 6.45) is -0.781. The van der Waals surface area contributed by atoms with E-state index in [-0.39, 0.29) is 0 Å². The van der Waals surface area contributed by atoms with Gasteiger partial charge in [0.2, 0.25) is 0 Å². The van der Waals surface area contributed by atoms with E-state index in [1.807, 2.05) is 49.4 Å². The Hall–Kier alpha value is -3.54. The Morgan fingerprint density at radius 1 is 0.893 bits per heavy atom. The van der Waals surface area contributed by atoms with E-state index in [2.05, 4.69) is 10.9 Å². The number of hydrogen-bond donors (Lipinski definition) is 2. The maximum absolute atomic E-state index is 12.2. The summed E-state index contributed by atoms with van der Waals surface area (Å²) in [6.45, 7) is 3.99. The molecular formula is C22H22N2O4. The molecule has 3 aromatic rings. The lowest BCUT2D eigenvalue weighted by atomic mass is 10.1. The molecule has 1 atom stereocenters. The van der Waals surface area contributed by atoms with E-state index < -0.39 is 17.9 Å². The predicted molar refractivity (Wildman–Crippen MR) is 107 cm³/mol. The van der Waals surface area contributed by atoms with Crippen LogP contribution in [-0.4, -0.2) is 24.5 Å². The first-order valence-electron chi connectivity index (χ1n) is 9.05. The van der Waals surface area contributed by atoms with Crippen LogP contribution in [0.1, 0.15) is 24.2 Å². The zero-order valence-corrected chi connectivity index (χ0v) is 15.8. The van der Waals surface area contributed by atoms with Crippen molar-refractivity contribution in [1.29, 1.82) is 0 Å². The molecule has 0 aliphatic rings. The van der Waals surface area contributed by atoms with Gasteiger partial charge in [-0.05, 0) is 55.0 Å². The molecule has 0 saturated carbocycles. The first-order valence-corrected chi connectivity index (χ1v) is 9.05. The summed E-state index contributed by atoms with van der Waals surface area (Å²) >= 11 is 0. The third-order valence-electron chi connectivity index (χ3n) is 4.11. The molecule has 2 N–H and O–H groups in total. The molecule has 6 nitrogen and oxygen atoms in total. The van der Waals surface area contributed by atoms with Crippen molar-refractivity contribution < 1.29 is 19.1 Å². The van der Waals surface area contributed by atoms with Crippen molar-refractivity contribution in [1.82, 2.24) is 10.9 Å². The highest BCUT2D eigenvalue weighted by Crippen LogP contribution is 2.21. The maximum Gasteiger partial charge on any atom is 0.279 e. The largest absolute Gasteiger partial charge is 0.494 e. The van der Waals surface area contributed by atoms with Gasteiger partial charge in [-0.2, -0.15) is 0 Å². The van der Waals surface area contributed by atoms with Crippen LogP contribution in [-0.2, 0) is 4.79 Å². The second-order valence-electron chi connectivity index (χ2n) is 6.17. The topological polar surface area (TPSA) is 76.7 Å². The number of hydrazine groups is 1. The Bertz CT molecular complexity index is 987. The highest BCUT2D eigenvalue weighted by molar-refractivity contribution is 5.96. The molecule has 3 rings (SSSR count). The van der Waals surface area contributed by atoms with E-state index >= 15 is 0 Å². The van der Waals surface area contributed by atoms with Crippen LogP contribution in [0.4, 0.5) is 0 Å². The molecule has 2 amide bonds. The van der Waals surface area contributed by atoms with E-state index in [9.17, 15) is 9.59 Å². The number of rotatable bonds is 6. The minimum absolute atomic E-state index is 0.384. The molecule has 144 valence electrons. The van der Waals surface area contributed by atoms with E-state index in [4.69, 9.17) is 9.47 Å². The van der Waals surface area contributed by atoms with Crippen molar-refractivity contribution in [3.8, 4) is 11.5 Å². The molecule has 0 aliphatic heterocycles. The molecule has 0 fully saturated rings. The first-order chi connectivity index (χ1) is 13.6. The minimum Gasteiger partial charge on any atom is -0.494 e. The van der Waals surface area contributed by atoms with Crippen molar-refractivity contribution >= 4 is 22.6 Å². The Labute approximate surface area is 163 Å². The summed E-state index contributed by atoms with van der Waals surface area (Å²) in [6, 6.07) is 20.2. The van der Waals surface area contributed by atoms with E-state index in [0.29, 0.717) is 23.7 Å². The quantitative estimate of drug-likeness (QED) is 0.644. The van der Waals surface area contributed by atoms with Crippen molar-refractivity contribution in [2.75, 3.05) is 6.61 Å². The zero-order valence-electron chi connectivity index (χ0n) is 15.8. The number of amides is 2. The molecule has 0 aromatic heterocycles. The smallest absolute Gasteiger partial charge is 0.279 e. The van der Waals surface area contributed by atoms with E-state index in [1.54, 1.807) is 31.2 Å². The average molecular weight is 378 g/mol. The standard InChI is InChI=1S/C22H22N2O4/c1-3-27-19-10-6-9-18(14-19)22(26)24-23-21(25)15(2)28-20-12-11-16-7-4-5-8-17(16)13-20/h4-15H,3H2,1-2H3,(H,23,25)(H,24,26)/t15-/m0/s1. The number of carbonyl (C=O) groups excluding carboxylic acids is 2. The fourth-order valence-electron chi connectivity index (χ4n) is 2.68. The molecule has 0 aliphatic carbocycles. The van der Waals surface area contributed by atoms with Crippen LogP contribution in [0, 0.1) is 0 Å².